The van der Waals surface area contributed by atoms with Gasteiger partial charge in [-0.2, -0.15) is 4.37 Å². The molecule has 0 unspecified atom stereocenters. The Morgan fingerprint density at radius 2 is 2.21 bits per heavy atom. The molecule has 1 fully saturated rings. The second kappa shape index (κ2) is 6.75. The molecule has 1 aromatic heterocycles. The third-order valence-electron chi connectivity index (χ3n) is 3.67. The van der Waals surface area contributed by atoms with Gasteiger partial charge in [0.1, 0.15) is 10.6 Å². The minimum Gasteiger partial charge on any atom is -0.465 e. The lowest BCUT2D eigenvalue weighted by molar-refractivity contribution is 0.0603. The first-order chi connectivity index (χ1) is 9.22. The van der Waals surface area contributed by atoms with Crippen LogP contribution in [-0.2, 0) is 4.74 Å². The van der Waals surface area contributed by atoms with Crippen molar-refractivity contribution in [3.05, 3.63) is 5.56 Å². The molecule has 6 heteroatoms. The Morgan fingerprint density at radius 1 is 1.47 bits per heavy atom. The first-order valence-electron chi connectivity index (χ1n) is 6.79. The summed E-state index contributed by atoms with van der Waals surface area (Å²) in [7, 11) is 1.35. The second-order valence-corrected chi connectivity index (χ2v) is 5.76. The third kappa shape index (κ3) is 3.59. The number of esters is 1. The summed E-state index contributed by atoms with van der Waals surface area (Å²) in [6.45, 7) is 0.857. The average Bonchev–Trinajstić information content (AvgIpc) is 2.80. The number of ether oxygens (including phenoxy) is 1. The van der Waals surface area contributed by atoms with E-state index in [-0.39, 0.29) is 5.82 Å². The minimum atomic E-state index is -0.425. The fourth-order valence-electron chi connectivity index (χ4n) is 2.59. The molecule has 0 bridgehead atoms. The highest BCUT2D eigenvalue weighted by atomic mass is 32.1. The van der Waals surface area contributed by atoms with E-state index in [4.69, 9.17) is 10.5 Å². The van der Waals surface area contributed by atoms with Gasteiger partial charge in [-0.25, -0.2) is 4.79 Å². The first kappa shape index (κ1) is 14.1. The lowest BCUT2D eigenvalue weighted by Gasteiger charge is -2.21. The highest BCUT2D eigenvalue weighted by Crippen LogP contribution is 2.29. The maximum Gasteiger partial charge on any atom is 0.344 e. The average molecular weight is 283 g/mol. The van der Waals surface area contributed by atoms with E-state index in [0.717, 1.165) is 23.9 Å². The summed E-state index contributed by atoms with van der Waals surface area (Å²) < 4.78 is 8.73. The Labute approximate surface area is 117 Å². The van der Waals surface area contributed by atoms with Gasteiger partial charge >= 0.3 is 5.97 Å². The van der Waals surface area contributed by atoms with Crippen molar-refractivity contribution in [1.29, 1.82) is 0 Å². The maximum absolute atomic E-state index is 11.6. The molecule has 5 nitrogen and oxygen atoms in total. The molecule has 0 spiro atoms. The Hall–Kier alpha value is -1.30. The fraction of sp³-hybridized carbons (Fsp3) is 0.692. The summed E-state index contributed by atoms with van der Waals surface area (Å²) in [5, 5.41) is 3.99. The number of nitrogens with two attached hydrogens (primary N) is 1. The number of methoxy groups -OCH3 is 1. The number of aromatic nitrogens is 1. The fourth-order valence-corrected chi connectivity index (χ4v) is 3.31. The van der Waals surface area contributed by atoms with Crippen LogP contribution in [0.4, 0.5) is 10.8 Å². The van der Waals surface area contributed by atoms with E-state index < -0.39 is 5.97 Å². The van der Waals surface area contributed by atoms with Crippen LogP contribution in [-0.4, -0.2) is 24.0 Å². The van der Waals surface area contributed by atoms with Crippen molar-refractivity contribution in [2.45, 2.75) is 38.5 Å². The number of nitrogens with one attached hydrogen (secondary N) is 1. The predicted octanol–water partition coefficient (Wildman–Crippen LogP) is 2.89. The van der Waals surface area contributed by atoms with Gasteiger partial charge in [0.2, 0.25) is 0 Å². The van der Waals surface area contributed by atoms with E-state index in [0.29, 0.717) is 5.56 Å². The van der Waals surface area contributed by atoms with Crippen LogP contribution >= 0.6 is 11.5 Å². The van der Waals surface area contributed by atoms with Gasteiger partial charge in [-0.15, -0.1) is 0 Å². The number of hydrogen-bond donors (Lipinski definition) is 2. The Balaban J connectivity index is 1.87. The second-order valence-electron chi connectivity index (χ2n) is 4.98. The highest BCUT2D eigenvalue weighted by molar-refractivity contribution is 7.11. The Kier molecular flexibility index (Phi) is 5.01. The largest absolute Gasteiger partial charge is 0.465 e. The standard InChI is InChI=1S/C13H21N3O2S/c1-18-13(17)10-11(14)16-19-12(10)15-8-7-9-5-3-2-4-6-9/h9,15H,2-8H2,1H3,(H2,14,16). The van der Waals surface area contributed by atoms with Gasteiger partial charge in [0, 0.05) is 6.54 Å². The van der Waals surface area contributed by atoms with Gasteiger partial charge in [0.25, 0.3) is 0 Å². The van der Waals surface area contributed by atoms with Gasteiger partial charge in [-0.05, 0) is 23.9 Å². The lowest BCUT2D eigenvalue weighted by Crippen LogP contribution is -2.13. The number of anilines is 2. The first-order valence-corrected chi connectivity index (χ1v) is 7.57. The lowest BCUT2D eigenvalue weighted by atomic mass is 9.87. The van der Waals surface area contributed by atoms with Gasteiger partial charge in [0.15, 0.2) is 5.82 Å². The normalized spacial score (nSPS) is 16.3. The minimum absolute atomic E-state index is 0.247. The van der Waals surface area contributed by atoms with Crippen LogP contribution in [0.15, 0.2) is 0 Å². The third-order valence-corrected chi connectivity index (χ3v) is 4.49. The smallest absolute Gasteiger partial charge is 0.344 e. The van der Waals surface area contributed by atoms with E-state index in [1.807, 2.05) is 0 Å². The van der Waals surface area contributed by atoms with Crippen molar-refractivity contribution >= 4 is 28.3 Å². The molecule has 19 heavy (non-hydrogen) atoms. The molecule has 106 valence electrons. The quantitative estimate of drug-likeness (QED) is 0.812. The van der Waals surface area contributed by atoms with Crippen molar-refractivity contribution in [1.82, 2.24) is 4.37 Å². The van der Waals surface area contributed by atoms with Crippen molar-refractivity contribution < 1.29 is 9.53 Å². The van der Waals surface area contributed by atoms with Crippen LogP contribution in [0.25, 0.3) is 0 Å². The van der Waals surface area contributed by atoms with Crippen LogP contribution in [0.2, 0.25) is 0 Å². The van der Waals surface area contributed by atoms with Crippen molar-refractivity contribution in [3.63, 3.8) is 0 Å². The molecule has 3 N–H and O–H groups in total. The molecule has 1 saturated carbocycles. The summed E-state index contributed by atoms with van der Waals surface area (Å²) in [6, 6.07) is 0. The molecule has 0 aromatic carbocycles. The maximum atomic E-state index is 11.6. The van der Waals surface area contributed by atoms with Gasteiger partial charge < -0.3 is 15.8 Å². The molecule has 0 amide bonds. The zero-order valence-electron chi connectivity index (χ0n) is 11.3. The number of carbonyl (C=O) groups is 1. The van der Waals surface area contributed by atoms with Crippen molar-refractivity contribution in [3.8, 4) is 0 Å². The zero-order valence-corrected chi connectivity index (χ0v) is 12.1. The van der Waals surface area contributed by atoms with E-state index in [9.17, 15) is 4.79 Å². The van der Waals surface area contributed by atoms with Crippen LogP contribution in [0.5, 0.6) is 0 Å². The summed E-state index contributed by atoms with van der Waals surface area (Å²) in [4.78, 5) is 11.6. The summed E-state index contributed by atoms with van der Waals surface area (Å²) in [5.74, 6) is 0.636. The zero-order chi connectivity index (χ0) is 13.7. The van der Waals surface area contributed by atoms with E-state index in [1.165, 1.54) is 50.7 Å². The highest BCUT2D eigenvalue weighted by Gasteiger charge is 2.20. The van der Waals surface area contributed by atoms with E-state index in [1.54, 1.807) is 0 Å². The molecule has 1 aliphatic rings. The molecule has 1 aromatic rings. The van der Waals surface area contributed by atoms with E-state index >= 15 is 0 Å². The molecule has 0 radical (unpaired) electrons. The molecule has 1 aliphatic carbocycles. The molecule has 1 heterocycles. The predicted molar refractivity (Wildman–Crippen MR) is 77.5 cm³/mol. The van der Waals surface area contributed by atoms with Gasteiger partial charge in [0.05, 0.1) is 7.11 Å². The van der Waals surface area contributed by atoms with Gasteiger partial charge in [-0.3, -0.25) is 0 Å². The number of carbonyl (C=O) groups excluding carboxylic acids is 1. The molecule has 2 rings (SSSR count). The summed E-state index contributed by atoms with van der Waals surface area (Å²) >= 11 is 1.22. The van der Waals surface area contributed by atoms with E-state index in [2.05, 4.69) is 9.69 Å². The molecular weight excluding hydrogens is 262 g/mol. The number of rotatable bonds is 5. The van der Waals surface area contributed by atoms with Crippen LogP contribution in [0, 0.1) is 5.92 Å². The monoisotopic (exact) mass is 283 g/mol. The van der Waals surface area contributed by atoms with Crippen LogP contribution < -0.4 is 11.1 Å². The number of hydrogen-bond acceptors (Lipinski definition) is 6. The SMILES string of the molecule is COC(=O)c1c(N)nsc1NCCC1CCCCC1. The van der Waals surface area contributed by atoms with Crippen LogP contribution in [0.1, 0.15) is 48.9 Å². The molecule has 0 aliphatic heterocycles. The van der Waals surface area contributed by atoms with Gasteiger partial charge in [-0.1, -0.05) is 32.1 Å². The summed E-state index contributed by atoms with van der Waals surface area (Å²) in [6.07, 6.45) is 7.88. The Bertz CT molecular complexity index is 428. The topological polar surface area (TPSA) is 77.2 Å². The van der Waals surface area contributed by atoms with Crippen LogP contribution in [0.3, 0.4) is 0 Å². The number of nitrogen functional groups attached to an aromatic ring is 1. The Morgan fingerprint density at radius 3 is 2.89 bits per heavy atom. The summed E-state index contributed by atoms with van der Waals surface area (Å²) in [5.41, 5.74) is 6.06. The molecule has 0 atom stereocenters. The molecular formula is C13H21N3O2S. The van der Waals surface area contributed by atoms with Crippen molar-refractivity contribution in [2.75, 3.05) is 24.7 Å². The molecule has 0 saturated heterocycles. The van der Waals surface area contributed by atoms with Crippen molar-refractivity contribution in [2.24, 2.45) is 5.92 Å². The number of nitrogens with zero attached hydrogens (tertiary/aromatic N) is 1.